The molecule has 2 aliphatic rings. The van der Waals surface area contributed by atoms with E-state index in [1.165, 1.54) is 12.1 Å². The van der Waals surface area contributed by atoms with Gasteiger partial charge in [-0.05, 0) is 19.4 Å². The molecule has 0 bridgehead atoms. The molecule has 152 valence electrons. The van der Waals surface area contributed by atoms with Gasteiger partial charge >= 0.3 is 11.6 Å². The van der Waals surface area contributed by atoms with Gasteiger partial charge in [0.05, 0.1) is 11.8 Å². The first-order chi connectivity index (χ1) is 14.3. The van der Waals surface area contributed by atoms with E-state index in [-0.39, 0.29) is 11.1 Å². The summed E-state index contributed by atoms with van der Waals surface area (Å²) in [5.41, 5.74) is -1.17. The molecule has 1 saturated heterocycles. The van der Waals surface area contributed by atoms with Gasteiger partial charge in [0.1, 0.15) is 0 Å². The highest BCUT2D eigenvalue weighted by molar-refractivity contribution is 6.33. The number of ketones is 2. The van der Waals surface area contributed by atoms with E-state index < -0.39 is 45.9 Å². The molecule has 1 heterocycles. The van der Waals surface area contributed by atoms with Crippen LogP contribution in [0.5, 0.6) is 0 Å². The summed E-state index contributed by atoms with van der Waals surface area (Å²) in [4.78, 5) is 51.5. The number of carbonyl (C=O) groups excluding carboxylic acids is 3. The molecule has 0 radical (unpaired) electrons. The molecule has 4 rings (SSSR count). The lowest BCUT2D eigenvalue weighted by molar-refractivity contribution is -0.544. The van der Waals surface area contributed by atoms with Crippen molar-refractivity contribution in [3.8, 4) is 0 Å². The molecular formula is C23H19NO6. The standard InChI is InChI=1S/C23H19NO6/c1-13(2)12-17-18(14-8-4-3-5-9-14)19(24(28)29)23(30-22(17)27)20(25)15-10-6-7-11-16(15)21(23)26/h3-12,17-19H,1-2H3/t17-,18-,19+/m1/s1. The Morgan fingerprint density at radius 2 is 1.50 bits per heavy atom. The third kappa shape index (κ3) is 2.69. The lowest BCUT2D eigenvalue weighted by atomic mass is 9.69. The zero-order chi connectivity index (χ0) is 21.6. The third-order valence-electron chi connectivity index (χ3n) is 5.69. The summed E-state index contributed by atoms with van der Waals surface area (Å²) in [5, 5.41) is 12.4. The van der Waals surface area contributed by atoms with Crippen LogP contribution in [0.4, 0.5) is 0 Å². The van der Waals surface area contributed by atoms with Crippen LogP contribution in [0.15, 0.2) is 66.2 Å². The first-order valence-corrected chi connectivity index (χ1v) is 9.54. The number of esters is 1. The zero-order valence-electron chi connectivity index (χ0n) is 16.4. The second-order valence-electron chi connectivity index (χ2n) is 7.80. The average Bonchev–Trinajstić information content (AvgIpc) is 2.92. The van der Waals surface area contributed by atoms with Crippen LogP contribution in [0.3, 0.4) is 0 Å². The van der Waals surface area contributed by atoms with E-state index in [0.29, 0.717) is 5.56 Å². The number of carbonyl (C=O) groups is 3. The minimum Gasteiger partial charge on any atom is -0.434 e. The molecule has 0 unspecified atom stereocenters. The first-order valence-electron chi connectivity index (χ1n) is 9.54. The average molecular weight is 405 g/mol. The second kappa shape index (κ2) is 7.02. The minimum atomic E-state index is -2.50. The Balaban J connectivity index is 1.98. The monoisotopic (exact) mass is 405 g/mol. The quantitative estimate of drug-likeness (QED) is 0.255. The highest BCUT2D eigenvalue weighted by Gasteiger charge is 2.72. The maximum Gasteiger partial charge on any atom is 0.315 e. The Morgan fingerprint density at radius 3 is 2.00 bits per heavy atom. The summed E-state index contributed by atoms with van der Waals surface area (Å²) in [6.07, 6.45) is 1.60. The van der Waals surface area contributed by atoms with E-state index in [9.17, 15) is 24.5 Å². The molecule has 30 heavy (non-hydrogen) atoms. The fraction of sp³-hybridized carbons (Fsp3) is 0.261. The van der Waals surface area contributed by atoms with Gasteiger partial charge in [-0.2, -0.15) is 0 Å². The number of nitrogens with zero attached hydrogens (tertiary/aromatic N) is 1. The van der Waals surface area contributed by atoms with Crippen molar-refractivity contribution in [1.82, 2.24) is 0 Å². The number of rotatable bonds is 3. The molecule has 1 fully saturated rings. The lowest BCUT2D eigenvalue weighted by Crippen LogP contribution is -2.65. The number of benzene rings is 2. The van der Waals surface area contributed by atoms with Gasteiger partial charge in [0.15, 0.2) is 0 Å². The van der Waals surface area contributed by atoms with E-state index in [2.05, 4.69) is 0 Å². The molecular weight excluding hydrogens is 386 g/mol. The summed E-state index contributed by atoms with van der Waals surface area (Å²) in [5.74, 6) is -4.54. The number of fused-ring (bicyclic) bond motifs is 1. The van der Waals surface area contributed by atoms with E-state index in [0.717, 1.165) is 5.57 Å². The molecule has 1 spiro atoms. The van der Waals surface area contributed by atoms with Crippen molar-refractivity contribution < 1.29 is 24.0 Å². The largest absolute Gasteiger partial charge is 0.434 e. The molecule has 3 atom stereocenters. The molecule has 7 heteroatoms. The number of hydrogen-bond acceptors (Lipinski definition) is 6. The molecule has 0 N–H and O–H groups in total. The summed E-state index contributed by atoms with van der Waals surface area (Å²) < 4.78 is 5.46. The van der Waals surface area contributed by atoms with E-state index >= 15 is 0 Å². The number of ether oxygens (including phenoxy) is 1. The molecule has 0 amide bonds. The molecule has 0 saturated carbocycles. The second-order valence-corrected chi connectivity index (χ2v) is 7.80. The summed E-state index contributed by atoms with van der Waals surface area (Å²) >= 11 is 0. The highest BCUT2D eigenvalue weighted by Crippen LogP contribution is 2.48. The van der Waals surface area contributed by atoms with Gasteiger partial charge < -0.3 is 4.74 Å². The summed E-state index contributed by atoms with van der Waals surface area (Å²) in [6, 6.07) is 12.7. The van der Waals surface area contributed by atoms with Crippen molar-refractivity contribution in [3.63, 3.8) is 0 Å². The van der Waals surface area contributed by atoms with E-state index in [1.54, 1.807) is 62.4 Å². The van der Waals surface area contributed by atoms with Crippen molar-refractivity contribution in [2.45, 2.75) is 31.4 Å². The number of Topliss-reactive ketones (excluding diaryl/α,β-unsaturated/α-hetero) is 2. The minimum absolute atomic E-state index is 0.0367. The molecule has 1 aliphatic carbocycles. The van der Waals surface area contributed by atoms with Crippen LogP contribution in [0.25, 0.3) is 0 Å². The molecule has 7 nitrogen and oxygen atoms in total. The smallest absolute Gasteiger partial charge is 0.315 e. The van der Waals surface area contributed by atoms with Gasteiger partial charge in [-0.1, -0.05) is 66.2 Å². The van der Waals surface area contributed by atoms with Gasteiger partial charge in [-0.3, -0.25) is 24.5 Å². The predicted octanol–water partition coefficient (Wildman–Crippen LogP) is 3.37. The maximum absolute atomic E-state index is 13.3. The van der Waals surface area contributed by atoms with Gasteiger partial charge in [0.2, 0.25) is 11.6 Å². The first kappa shape index (κ1) is 19.7. The Labute approximate surface area is 172 Å². The van der Waals surface area contributed by atoms with E-state index in [1.807, 2.05) is 0 Å². The van der Waals surface area contributed by atoms with Crippen molar-refractivity contribution >= 4 is 17.5 Å². The highest BCUT2D eigenvalue weighted by atomic mass is 16.6. The number of allylic oxidation sites excluding steroid dienone is 1. The Morgan fingerprint density at radius 1 is 0.967 bits per heavy atom. The van der Waals surface area contributed by atoms with Crippen LogP contribution in [0.2, 0.25) is 0 Å². The summed E-state index contributed by atoms with van der Waals surface area (Å²) in [7, 11) is 0. The third-order valence-corrected chi connectivity index (χ3v) is 5.69. The fourth-order valence-electron chi connectivity index (χ4n) is 4.50. The fourth-order valence-corrected chi connectivity index (χ4v) is 4.50. The van der Waals surface area contributed by atoms with Gasteiger partial charge in [0.25, 0.3) is 6.04 Å². The summed E-state index contributed by atoms with van der Waals surface area (Å²) in [6.45, 7) is 3.53. The van der Waals surface area contributed by atoms with Crippen LogP contribution < -0.4 is 0 Å². The SMILES string of the molecule is CC(C)=C[C@H]1C(=O)OC2(C(=O)c3ccccc3C2=O)[C@@H]([N+](=O)[O-])[C@@H]1c1ccccc1. The Bertz CT molecular complexity index is 1060. The van der Waals surface area contributed by atoms with Gasteiger partial charge in [0, 0.05) is 16.1 Å². The van der Waals surface area contributed by atoms with Gasteiger partial charge in [-0.15, -0.1) is 0 Å². The number of nitro groups is 1. The van der Waals surface area contributed by atoms with Crippen LogP contribution in [0, 0.1) is 16.0 Å². The van der Waals surface area contributed by atoms with Crippen molar-refractivity contribution in [1.29, 1.82) is 0 Å². The predicted molar refractivity (Wildman–Crippen MR) is 107 cm³/mol. The van der Waals surface area contributed by atoms with E-state index in [4.69, 9.17) is 4.74 Å². The lowest BCUT2D eigenvalue weighted by Gasteiger charge is -2.40. The topological polar surface area (TPSA) is 104 Å². The molecule has 0 aromatic heterocycles. The zero-order valence-corrected chi connectivity index (χ0v) is 16.4. The number of hydrogen-bond donors (Lipinski definition) is 0. The van der Waals surface area contributed by atoms with Gasteiger partial charge in [-0.25, -0.2) is 0 Å². The van der Waals surface area contributed by atoms with Crippen molar-refractivity contribution in [3.05, 3.63) is 93.1 Å². The van der Waals surface area contributed by atoms with Crippen molar-refractivity contribution in [2.24, 2.45) is 5.92 Å². The normalized spacial score (nSPS) is 24.3. The molecule has 2 aromatic rings. The van der Waals surface area contributed by atoms with Crippen LogP contribution in [-0.4, -0.2) is 34.1 Å². The maximum atomic E-state index is 13.3. The van der Waals surface area contributed by atoms with Crippen molar-refractivity contribution in [2.75, 3.05) is 0 Å². The van der Waals surface area contributed by atoms with Crippen LogP contribution in [0.1, 0.15) is 46.0 Å². The Hall–Kier alpha value is -3.61. The molecule has 2 aromatic carbocycles. The molecule has 1 aliphatic heterocycles. The Kier molecular flexibility index (Phi) is 4.61. The van der Waals surface area contributed by atoms with Crippen LogP contribution >= 0.6 is 0 Å². The van der Waals surface area contributed by atoms with Crippen LogP contribution in [-0.2, 0) is 9.53 Å².